The van der Waals surface area contributed by atoms with E-state index in [0.717, 1.165) is 0 Å². The van der Waals surface area contributed by atoms with Gasteiger partial charge in [0, 0.05) is 11.1 Å². The number of rotatable bonds is 3. The largest absolute Gasteiger partial charge is 0.465 e. The number of pyridine rings is 1. The molecule has 6 nitrogen and oxygen atoms in total. The van der Waals surface area contributed by atoms with Crippen molar-refractivity contribution in [2.45, 2.75) is 6.54 Å². The number of carbonyl (C=O) groups excluding carboxylic acids is 1. The lowest BCUT2D eigenvalue weighted by Gasteiger charge is -2.02. The summed E-state index contributed by atoms with van der Waals surface area (Å²) in [5.74, 6) is -0.485. The van der Waals surface area contributed by atoms with Gasteiger partial charge in [-0.2, -0.15) is 0 Å². The van der Waals surface area contributed by atoms with Crippen molar-refractivity contribution in [2.75, 3.05) is 7.11 Å². The van der Waals surface area contributed by atoms with Gasteiger partial charge in [-0.15, -0.1) is 0 Å². The van der Waals surface area contributed by atoms with Gasteiger partial charge in [-0.3, -0.25) is 4.98 Å². The lowest BCUT2D eigenvalue weighted by atomic mass is 10.2. The minimum Gasteiger partial charge on any atom is -0.465 e. The number of aromatic nitrogens is 1. The van der Waals surface area contributed by atoms with Crippen LogP contribution >= 0.6 is 0 Å². The van der Waals surface area contributed by atoms with Crippen LogP contribution in [0.3, 0.4) is 0 Å². The van der Waals surface area contributed by atoms with E-state index in [1.54, 1.807) is 12.1 Å². The van der Waals surface area contributed by atoms with Crippen molar-refractivity contribution >= 4 is 5.97 Å². The molecule has 1 rings (SSSR count). The van der Waals surface area contributed by atoms with Crippen LogP contribution in [-0.2, 0) is 11.3 Å². The molecule has 0 aliphatic carbocycles. The lowest BCUT2D eigenvalue weighted by Crippen LogP contribution is -2.06. The van der Waals surface area contributed by atoms with Crippen LogP contribution in [0.1, 0.15) is 16.1 Å². The molecule has 14 heavy (non-hydrogen) atoms. The molecular weight excluding hydrogens is 184 g/mol. The van der Waals surface area contributed by atoms with E-state index in [0.29, 0.717) is 11.3 Å². The molecule has 1 aromatic rings. The normalized spacial score (nSPS) is 8.93. The second-order valence-electron chi connectivity index (χ2n) is 2.38. The van der Waals surface area contributed by atoms with Crippen molar-refractivity contribution in [2.24, 2.45) is 5.11 Å². The summed E-state index contributed by atoms with van der Waals surface area (Å²) in [4.78, 5) is 17.7. The highest BCUT2D eigenvalue weighted by atomic mass is 16.5. The standard InChI is InChI=1S/C8H8N4O2/c1-14-8(13)6-3-2-4-10-7(6)5-11-12-9/h2-4H,5H2,1H3. The SMILES string of the molecule is COC(=O)c1cccnc1CN=[N+]=[N-]. The number of methoxy groups -OCH3 is 1. The number of hydrogen-bond acceptors (Lipinski definition) is 4. The molecule has 0 N–H and O–H groups in total. The van der Waals surface area contributed by atoms with E-state index in [1.165, 1.54) is 13.3 Å². The molecule has 6 heteroatoms. The molecule has 0 amide bonds. The maximum Gasteiger partial charge on any atom is 0.339 e. The predicted molar refractivity (Wildman–Crippen MR) is 48.4 cm³/mol. The summed E-state index contributed by atoms with van der Waals surface area (Å²) >= 11 is 0. The van der Waals surface area contributed by atoms with Gasteiger partial charge in [0.05, 0.1) is 24.9 Å². The molecule has 0 fully saturated rings. The minimum absolute atomic E-state index is 0.0434. The molecule has 0 aliphatic rings. The van der Waals surface area contributed by atoms with Crippen LogP contribution in [0.25, 0.3) is 10.4 Å². The Labute approximate surface area is 80.2 Å². The van der Waals surface area contributed by atoms with Crippen LogP contribution in [0.4, 0.5) is 0 Å². The average molecular weight is 192 g/mol. The first-order valence-corrected chi connectivity index (χ1v) is 3.82. The van der Waals surface area contributed by atoms with E-state index in [-0.39, 0.29) is 6.54 Å². The fraction of sp³-hybridized carbons (Fsp3) is 0.250. The summed E-state index contributed by atoms with van der Waals surface area (Å²) in [6.45, 7) is 0.0434. The van der Waals surface area contributed by atoms with Gasteiger partial charge in [0.1, 0.15) is 0 Å². The van der Waals surface area contributed by atoms with E-state index in [1.807, 2.05) is 0 Å². The van der Waals surface area contributed by atoms with Crippen molar-refractivity contribution in [1.29, 1.82) is 0 Å². The van der Waals surface area contributed by atoms with Crippen LogP contribution in [-0.4, -0.2) is 18.1 Å². The van der Waals surface area contributed by atoms with Gasteiger partial charge in [-0.05, 0) is 17.7 Å². The molecule has 1 heterocycles. The summed E-state index contributed by atoms with van der Waals surface area (Å²) < 4.78 is 4.54. The van der Waals surface area contributed by atoms with Gasteiger partial charge in [0.25, 0.3) is 0 Å². The zero-order chi connectivity index (χ0) is 10.4. The zero-order valence-electron chi connectivity index (χ0n) is 7.54. The van der Waals surface area contributed by atoms with Crippen molar-refractivity contribution in [1.82, 2.24) is 4.98 Å². The van der Waals surface area contributed by atoms with Crippen molar-refractivity contribution in [3.8, 4) is 0 Å². The molecule has 0 atom stereocenters. The molecule has 1 aromatic heterocycles. The predicted octanol–water partition coefficient (Wildman–Crippen LogP) is 1.68. The maximum absolute atomic E-state index is 11.2. The highest BCUT2D eigenvalue weighted by Crippen LogP contribution is 2.08. The first-order valence-electron chi connectivity index (χ1n) is 3.82. The Balaban J connectivity index is 3.02. The van der Waals surface area contributed by atoms with Crippen LogP contribution in [0.2, 0.25) is 0 Å². The fourth-order valence-corrected chi connectivity index (χ4v) is 0.958. The summed E-state index contributed by atoms with van der Waals surface area (Å²) in [5, 5.41) is 3.33. The molecule has 72 valence electrons. The van der Waals surface area contributed by atoms with Crippen LogP contribution < -0.4 is 0 Å². The number of azide groups is 1. The third-order valence-electron chi connectivity index (χ3n) is 1.58. The van der Waals surface area contributed by atoms with Gasteiger partial charge in [0.15, 0.2) is 0 Å². The van der Waals surface area contributed by atoms with Gasteiger partial charge < -0.3 is 4.74 Å². The number of nitrogens with zero attached hydrogens (tertiary/aromatic N) is 4. The maximum atomic E-state index is 11.2. The smallest absolute Gasteiger partial charge is 0.339 e. The first-order chi connectivity index (χ1) is 6.79. The van der Waals surface area contributed by atoms with E-state index in [4.69, 9.17) is 5.53 Å². The van der Waals surface area contributed by atoms with Gasteiger partial charge >= 0.3 is 5.97 Å². The molecule has 0 saturated carbocycles. The Morgan fingerprint density at radius 3 is 3.21 bits per heavy atom. The van der Waals surface area contributed by atoms with Gasteiger partial charge in [-0.1, -0.05) is 5.11 Å². The third kappa shape index (κ3) is 2.21. The molecule has 0 spiro atoms. The Hall–Kier alpha value is -2.07. The van der Waals surface area contributed by atoms with Crippen molar-refractivity contribution < 1.29 is 9.53 Å². The van der Waals surface area contributed by atoms with E-state index in [2.05, 4.69) is 19.7 Å². The number of hydrogen-bond donors (Lipinski definition) is 0. The number of esters is 1. The highest BCUT2D eigenvalue weighted by Gasteiger charge is 2.10. The van der Waals surface area contributed by atoms with Crippen molar-refractivity contribution in [3.63, 3.8) is 0 Å². The number of ether oxygens (including phenoxy) is 1. The van der Waals surface area contributed by atoms with Crippen LogP contribution in [0, 0.1) is 0 Å². The Morgan fingerprint density at radius 1 is 1.79 bits per heavy atom. The average Bonchev–Trinajstić information content (AvgIpc) is 2.25. The van der Waals surface area contributed by atoms with Crippen molar-refractivity contribution in [3.05, 3.63) is 40.0 Å². The lowest BCUT2D eigenvalue weighted by molar-refractivity contribution is 0.0599. The van der Waals surface area contributed by atoms with Gasteiger partial charge in [-0.25, -0.2) is 4.79 Å². The van der Waals surface area contributed by atoms with Crippen LogP contribution in [0.15, 0.2) is 23.4 Å². The first kappa shape index (κ1) is 10.0. The molecule has 0 unspecified atom stereocenters. The quantitative estimate of drug-likeness (QED) is 0.316. The Morgan fingerprint density at radius 2 is 2.57 bits per heavy atom. The molecule has 0 radical (unpaired) electrons. The minimum atomic E-state index is -0.485. The summed E-state index contributed by atoms with van der Waals surface area (Å²) in [6, 6.07) is 3.19. The fourth-order valence-electron chi connectivity index (χ4n) is 0.958. The van der Waals surface area contributed by atoms with E-state index < -0.39 is 5.97 Å². The second kappa shape index (κ2) is 4.84. The van der Waals surface area contributed by atoms with E-state index >= 15 is 0 Å². The van der Waals surface area contributed by atoms with Crippen LogP contribution in [0.5, 0.6) is 0 Å². The molecule has 0 aromatic carbocycles. The monoisotopic (exact) mass is 192 g/mol. The topological polar surface area (TPSA) is 88.0 Å². The Bertz CT molecular complexity index is 385. The summed E-state index contributed by atoms with van der Waals surface area (Å²) in [6.07, 6.45) is 1.52. The molecule has 0 saturated heterocycles. The van der Waals surface area contributed by atoms with E-state index in [9.17, 15) is 4.79 Å². The highest BCUT2D eigenvalue weighted by molar-refractivity contribution is 5.90. The summed E-state index contributed by atoms with van der Waals surface area (Å²) in [5.41, 5.74) is 8.86. The number of carbonyl (C=O) groups is 1. The molecule has 0 bridgehead atoms. The van der Waals surface area contributed by atoms with Gasteiger partial charge in [0.2, 0.25) is 0 Å². The second-order valence-corrected chi connectivity index (χ2v) is 2.38. The summed E-state index contributed by atoms with van der Waals surface area (Å²) in [7, 11) is 1.28. The third-order valence-corrected chi connectivity index (χ3v) is 1.58. The molecular formula is C8H8N4O2. The zero-order valence-corrected chi connectivity index (χ0v) is 7.54. The Kier molecular flexibility index (Phi) is 3.46. The molecule has 0 aliphatic heterocycles.